The molecule has 0 unspecified atom stereocenters. The van der Waals surface area contributed by atoms with Crippen LogP contribution in [0.1, 0.15) is 12.8 Å². The monoisotopic (exact) mass is 409 g/mol. The maximum atomic E-state index is 12.1. The molecule has 2 amide bonds. The molecule has 1 aromatic heterocycles. The lowest BCUT2D eigenvalue weighted by Gasteiger charge is -2.17. The third-order valence-electron chi connectivity index (χ3n) is 3.67. The van der Waals surface area contributed by atoms with Gasteiger partial charge >= 0.3 is 0 Å². The van der Waals surface area contributed by atoms with Crippen molar-refractivity contribution in [2.24, 2.45) is 5.73 Å². The number of primary amides is 1. The van der Waals surface area contributed by atoms with E-state index in [1.807, 2.05) is 24.3 Å². The maximum absolute atomic E-state index is 12.1. The van der Waals surface area contributed by atoms with E-state index in [2.05, 4.69) is 20.4 Å². The fourth-order valence-corrected chi connectivity index (χ4v) is 5.06. The molecule has 2 aromatic rings. The Labute approximate surface area is 164 Å². The Kier molecular flexibility index (Phi) is 6.75. The van der Waals surface area contributed by atoms with Crippen molar-refractivity contribution in [2.75, 3.05) is 34.8 Å². The summed E-state index contributed by atoms with van der Waals surface area (Å²) in [5.41, 5.74) is 7.08. The van der Waals surface area contributed by atoms with E-state index in [-0.39, 0.29) is 17.4 Å². The summed E-state index contributed by atoms with van der Waals surface area (Å²) in [5.74, 6) is -0.0593. The topological polar surface area (TPSA) is 101 Å². The molecule has 0 bridgehead atoms. The van der Waals surface area contributed by atoms with Gasteiger partial charge in [-0.1, -0.05) is 34.9 Å². The van der Waals surface area contributed by atoms with Crippen molar-refractivity contribution in [3.05, 3.63) is 24.3 Å². The van der Waals surface area contributed by atoms with Crippen molar-refractivity contribution < 1.29 is 9.59 Å². The number of anilines is 2. The highest BCUT2D eigenvalue weighted by Crippen LogP contribution is 2.28. The van der Waals surface area contributed by atoms with Gasteiger partial charge in [0.25, 0.3) is 0 Å². The Bertz CT molecular complexity index is 760. The molecule has 10 heteroatoms. The standard InChI is InChI=1S/C16H19N5O2S3/c17-13(22)9-24-15-19-20-16(26-15)25-10-14(23)18-11-3-5-12(6-4-11)21-7-1-2-8-21/h3-6H,1-2,7-10H2,(H2,17,22)(H,18,23). The smallest absolute Gasteiger partial charge is 0.234 e. The molecule has 0 saturated carbocycles. The number of thioether (sulfide) groups is 2. The lowest BCUT2D eigenvalue weighted by molar-refractivity contribution is -0.115. The first-order chi connectivity index (χ1) is 12.6. The van der Waals surface area contributed by atoms with Gasteiger partial charge < -0.3 is 16.0 Å². The molecule has 138 valence electrons. The van der Waals surface area contributed by atoms with Crippen LogP contribution in [0.2, 0.25) is 0 Å². The summed E-state index contributed by atoms with van der Waals surface area (Å²) >= 11 is 3.92. The van der Waals surface area contributed by atoms with Gasteiger partial charge in [-0.15, -0.1) is 10.2 Å². The number of hydrogen-bond acceptors (Lipinski definition) is 8. The minimum absolute atomic E-state index is 0.0922. The molecule has 7 nitrogen and oxygen atoms in total. The van der Waals surface area contributed by atoms with Crippen molar-refractivity contribution in [2.45, 2.75) is 21.5 Å². The average molecular weight is 410 g/mol. The highest BCUT2D eigenvalue weighted by molar-refractivity contribution is 8.03. The summed E-state index contributed by atoms with van der Waals surface area (Å²) in [5, 5.41) is 10.9. The zero-order chi connectivity index (χ0) is 18.4. The molecule has 0 atom stereocenters. The van der Waals surface area contributed by atoms with Crippen LogP contribution < -0.4 is 16.0 Å². The van der Waals surface area contributed by atoms with Crippen LogP contribution in [0.3, 0.4) is 0 Å². The third kappa shape index (κ3) is 5.61. The number of aromatic nitrogens is 2. The van der Waals surface area contributed by atoms with E-state index in [9.17, 15) is 9.59 Å². The van der Waals surface area contributed by atoms with Gasteiger partial charge in [0.15, 0.2) is 8.68 Å². The Morgan fingerprint density at radius 3 is 2.31 bits per heavy atom. The normalized spacial score (nSPS) is 13.8. The van der Waals surface area contributed by atoms with Crippen molar-refractivity contribution in [1.29, 1.82) is 0 Å². The third-order valence-corrected chi connectivity index (χ3v) is 6.89. The quantitative estimate of drug-likeness (QED) is 0.646. The summed E-state index contributed by atoms with van der Waals surface area (Å²) in [6.07, 6.45) is 2.48. The van der Waals surface area contributed by atoms with Gasteiger partial charge in [-0.3, -0.25) is 9.59 Å². The van der Waals surface area contributed by atoms with E-state index >= 15 is 0 Å². The number of carbonyl (C=O) groups excluding carboxylic acids is 2. The minimum Gasteiger partial charge on any atom is -0.372 e. The molecule has 1 fully saturated rings. The lowest BCUT2D eigenvalue weighted by atomic mass is 10.2. The van der Waals surface area contributed by atoms with E-state index < -0.39 is 5.91 Å². The van der Waals surface area contributed by atoms with Gasteiger partial charge in [0.2, 0.25) is 11.8 Å². The second-order valence-electron chi connectivity index (χ2n) is 5.67. The predicted octanol–water partition coefficient (Wildman–Crippen LogP) is 2.45. The van der Waals surface area contributed by atoms with Crippen LogP contribution in [-0.4, -0.2) is 46.6 Å². The van der Waals surface area contributed by atoms with Gasteiger partial charge in [0.05, 0.1) is 11.5 Å². The van der Waals surface area contributed by atoms with E-state index in [4.69, 9.17) is 5.73 Å². The lowest BCUT2D eigenvalue weighted by Crippen LogP contribution is -2.18. The van der Waals surface area contributed by atoms with Gasteiger partial charge in [0, 0.05) is 24.5 Å². The molecular weight excluding hydrogens is 390 g/mol. The van der Waals surface area contributed by atoms with E-state index in [0.29, 0.717) is 8.68 Å². The SMILES string of the molecule is NC(=O)CSc1nnc(SCC(=O)Nc2ccc(N3CCCC3)cc2)s1. The molecule has 3 N–H and O–H groups in total. The van der Waals surface area contributed by atoms with Gasteiger partial charge in [-0.2, -0.15) is 0 Å². The van der Waals surface area contributed by atoms with Crippen molar-refractivity contribution >= 4 is 58.0 Å². The number of nitrogens with one attached hydrogen (secondary N) is 1. The molecule has 2 heterocycles. The van der Waals surface area contributed by atoms with Crippen LogP contribution in [0.4, 0.5) is 11.4 Å². The van der Waals surface area contributed by atoms with Crippen molar-refractivity contribution in [3.8, 4) is 0 Å². The molecule has 1 aromatic carbocycles. The number of rotatable bonds is 8. The number of nitrogens with zero attached hydrogens (tertiary/aromatic N) is 3. The Balaban J connectivity index is 1.44. The zero-order valence-electron chi connectivity index (χ0n) is 14.0. The van der Waals surface area contributed by atoms with E-state index in [0.717, 1.165) is 18.8 Å². The van der Waals surface area contributed by atoms with Crippen LogP contribution >= 0.6 is 34.9 Å². The first kappa shape index (κ1) is 19.0. The number of amides is 2. The predicted molar refractivity (Wildman–Crippen MR) is 107 cm³/mol. The van der Waals surface area contributed by atoms with E-state index in [1.165, 1.54) is 53.4 Å². The summed E-state index contributed by atoms with van der Waals surface area (Å²) in [6.45, 7) is 2.20. The van der Waals surface area contributed by atoms with Gasteiger partial charge in [-0.25, -0.2) is 0 Å². The largest absolute Gasteiger partial charge is 0.372 e. The van der Waals surface area contributed by atoms with Crippen LogP contribution in [0.5, 0.6) is 0 Å². The van der Waals surface area contributed by atoms with Crippen molar-refractivity contribution in [1.82, 2.24) is 10.2 Å². The molecule has 0 spiro atoms. The van der Waals surface area contributed by atoms with Crippen molar-refractivity contribution in [3.63, 3.8) is 0 Å². The molecule has 0 radical (unpaired) electrons. The number of hydrogen-bond donors (Lipinski definition) is 2. The fourth-order valence-electron chi connectivity index (χ4n) is 2.50. The summed E-state index contributed by atoms with van der Waals surface area (Å²) in [6, 6.07) is 7.95. The molecule has 1 aliphatic rings. The highest BCUT2D eigenvalue weighted by Gasteiger charge is 2.13. The fraction of sp³-hybridized carbons (Fsp3) is 0.375. The summed E-state index contributed by atoms with van der Waals surface area (Å²) < 4.78 is 1.36. The first-order valence-corrected chi connectivity index (χ1v) is 10.9. The minimum atomic E-state index is -0.394. The highest BCUT2D eigenvalue weighted by atomic mass is 32.2. The maximum Gasteiger partial charge on any atom is 0.234 e. The number of benzene rings is 1. The average Bonchev–Trinajstić information content (AvgIpc) is 3.31. The second kappa shape index (κ2) is 9.24. The van der Waals surface area contributed by atoms with Gasteiger partial charge in [0.1, 0.15) is 0 Å². The van der Waals surface area contributed by atoms with E-state index in [1.54, 1.807) is 0 Å². The molecule has 1 aliphatic heterocycles. The molecule has 26 heavy (non-hydrogen) atoms. The van der Waals surface area contributed by atoms with Crippen LogP contribution in [-0.2, 0) is 9.59 Å². The van der Waals surface area contributed by atoms with Gasteiger partial charge in [-0.05, 0) is 37.1 Å². The first-order valence-electron chi connectivity index (χ1n) is 8.12. The van der Waals surface area contributed by atoms with Crippen LogP contribution in [0.15, 0.2) is 32.9 Å². The Morgan fingerprint density at radius 1 is 1.08 bits per heavy atom. The van der Waals surface area contributed by atoms with Crippen LogP contribution in [0, 0.1) is 0 Å². The Morgan fingerprint density at radius 2 is 1.69 bits per heavy atom. The number of nitrogens with two attached hydrogens (primary N) is 1. The molecule has 1 saturated heterocycles. The Hall–Kier alpha value is -1.78. The molecule has 3 rings (SSSR count). The zero-order valence-corrected chi connectivity index (χ0v) is 16.5. The summed E-state index contributed by atoms with van der Waals surface area (Å²) in [7, 11) is 0. The molecule has 0 aliphatic carbocycles. The molecular formula is C16H19N5O2S3. The summed E-state index contributed by atoms with van der Waals surface area (Å²) in [4.78, 5) is 25.2. The van der Waals surface area contributed by atoms with Crippen LogP contribution in [0.25, 0.3) is 0 Å². The number of carbonyl (C=O) groups is 2. The second-order valence-corrected chi connectivity index (χ2v) is 9.09.